The lowest BCUT2D eigenvalue weighted by Crippen LogP contribution is -2.38. The lowest BCUT2D eigenvalue weighted by molar-refractivity contribution is -0.137. The van der Waals surface area contributed by atoms with Gasteiger partial charge in [0.2, 0.25) is 11.8 Å². The first kappa shape index (κ1) is 32.5. The van der Waals surface area contributed by atoms with Gasteiger partial charge >= 0.3 is 6.18 Å². The number of hydrogen-bond donors (Lipinski definition) is 1. The van der Waals surface area contributed by atoms with Crippen LogP contribution >= 0.6 is 11.6 Å². The second-order valence-electron chi connectivity index (χ2n) is 9.04. The summed E-state index contributed by atoms with van der Waals surface area (Å²) in [6.07, 6.45) is -3.66. The van der Waals surface area contributed by atoms with E-state index in [0.29, 0.717) is 16.3 Å². The lowest BCUT2D eigenvalue weighted by atomic mass is 9.99. The minimum Gasteiger partial charge on any atom is -0.354 e. The highest BCUT2D eigenvalue weighted by molar-refractivity contribution is 6.30. The van der Waals surface area contributed by atoms with Gasteiger partial charge in [0.25, 0.3) is 0 Å². The molecule has 0 aliphatic carbocycles. The zero-order chi connectivity index (χ0) is 29.9. The van der Waals surface area contributed by atoms with Crippen molar-refractivity contribution in [2.24, 2.45) is 5.10 Å². The van der Waals surface area contributed by atoms with Crippen LogP contribution in [0, 0.1) is 5.82 Å². The molecule has 0 aliphatic rings. The molecule has 3 aromatic rings. The van der Waals surface area contributed by atoms with Gasteiger partial charge in [-0.1, -0.05) is 74.0 Å². The molecule has 1 atom stereocenters. The Morgan fingerprint density at radius 1 is 1.00 bits per heavy atom. The van der Waals surface area contributed by atoms with E-state index in [1.54, 1.807) is 56.3 Å². The van der Waals surface area contributed by atoms with Crippen molar-refractivity contribution in [2.45, 2.75) is 46.2 Å². The molecule has 0 bridgehead atoms. The Morgan fingerprint density at radius 3 is 2.20 bits per heavy atom. The highest BCUT2D eigenvalue weighted by atomic mass is 35.5. The molecule has 3 rings (SSSR count). The minimum absolute atomic E-state index is 0.0972. The Labute approximate surface area is 236 Å². The van der Waals surface area contributed by atoms with E-state index in [2.05, 4.69) is 10.4 Å². The molecule has 0 fully saturated rings. The van der Waals surface area contributed by atoms with E-state index in [-0.39, 0.29) is 24.8 Å². The third-order valence-electron chi connectivity index (χ3n) is 5.92. The number of benzene rings is 3. The van der Waals surface area contributed by atoms with Gasteiger partial charge < -0.3 is 5.32 Å². The summed E-state index contributed by atoms with van der Waals surface area (Å²) < 4.78 is 51.2. The van der Waals surface area contributed by atoms with Gasteiger partial charge in [-0.05, 0) is 60.2 Å². The normalized spacial score (nSPS) is 12.2. The molecule has 0 heterocycles. The average Bonchev–Trinajstić information content (AvgIpc) is 2.92. The van der Waals surface area contributed by atoms with E-state index in [1.807, 2.05) is 13.0 Å². The van der Waals surface area contributed by atoms with Crippen molar-refractivity contribution in [3.05, 3.63) is 106 Å². The van der Waals surface area contributed by atoms with Crippen molar-refractivity contribution < 1.29 is 27.2 Å². The number of halogens is 5. The second kappa shape index (κ2) is 15.2. The topological polar surface area (TPSA) is 61.8 Å². The van der Waals surface area contributed by atoms with Crippen LogP contribution in [0.5, 0.6) is 0 Å². The van der Waals surface area contributed by atoms with Crippen LogP contribution in [-0.4, -0.2) is 35.6 Å². The molecule has 2 amide bonds. The van der Waals surface area contributed by atoms with Gasteiger partial charge in [-0.15, -0.1) is 0 Å². The third-order valence-corrected chi connectivity index (χ3v) is 6.17. The number of carbonyl (C=O) groups excluding carboxylic acids is 2. The van der Waals surface area contributed by atoms with Crippen LogP contribution < -0.4 is 5.32 Å². The Kier molecular flexibility index (Phi) is 12.3. The number of amides is 2. The highest BCUT2D eigenvalue weighted by Gasteiger charge is 2.30. The lowest BCUT2D eigenvalue weighted by Gasteiger charge is -2.18. The predicted octanol–water partition coefficient (Wildman–Crippen LogP) is 7.24. The maximum atomic E-state index is 12.9. The van der Waals surface area contributed by atoms with E-state index in [9.17, 15) is 27.2 Å². The maximum absolute atomic E-state index is 12.9. The molecule has 5 nitrogen and oxygen atoms in total. The van der Waals surface area contributed by atoms with Crippen molar-refractivity contribution in [2.75, 3.05) is 13.1 Å². The van der Waals surface area contributed by atoms with Crippen molar-refractivity contribution in [3.63, 3.8) is 0 Å². The van der Waals surface area contributed by atoms with Crippen LogP contribution in [0.3, 0.4) is 0 Å². The van der Waals surface area contributed by atoms with E-state index in [0.717, 1.165) is 34.7 Å². The second-order valence-corrected chi connectivity index (χ2v) is 9.48. The third kappa shape index (κ3) is 10.4. The van der Waals surface area contributed by atoms with Crippen molar-refractivity contribution in [1.82, 2.24) is 10.3 Å². The molecule has 1 unspecified atom stereocenters. The van der Waals surface area contributed by atoms with Crippen LogP contribution in [0.4, 0.5) is 17.6 Å². The van der Waals surface area contributed by atoms with Crippen LogP contribution in [0.2, 0.25) is 5.02 Å². The Bertz CT molecular complexity index is 1310. The Morgan fingerprint density at radius 2 is 1.65 bits per heavy atom. The summed E-state index contributed by atoms with van der Waals surface area (Å²) in [6.45, 7) is 6.45. The number of rotatable bonds is 8. The summed E-state index contributed by atoms with van der Waals surface area (Å²) in [5, 5.41) is 8.46. The van der Waals surface area contributed by atoms with Gasteiger partial charge in [-0.25, -0.2) is 9.40 Å². The molecule has 10 heteroatoms. The molecule has 40 heavy (non-hydrogen) atoms. The summed E-state index contributed by atoms with van der Waals surface area (Å²) >= 11 is 5.86. The van der Waals surface area contributed by atoms with Gasteiger partial charge in [-0.3, -0.25) is 9.59 Å². The van der Waals surface area contributed by atoms with Crippen molar-refractivity contribution in [3.8, 4) is 0 Å². The fourth-order valence-electron chi connectivity index (χ4n) is 3.53. The number of nitrogens with zero attached hydrogens (tertiary/aromatic N) is 2. The number of hydrazone groups is 1. The first-order valence-electron chi connectivity index (χ1n) is 12.6. The SMILES string of the molecule is CC(=O)N(CC(=O)NCC(C)c1cccc(C(F)(F)F)c1)/N=C(\C)c1ccc(Cl)cc1.CCc1ccccc1F. The molecule has 0 aromatic heterocycles. The number of alkyl halides is 3. The quantitative estimate of drug-likeness (QED) is 0.174. The smallest absolute Gasteiger partial charge is 0.354 e. The van der Waals surface area contributed by atoms with Crippen molar-refractivity contribution >= 4 is 29.1 Å². The summed E-state index contributed by atoms with van der Waals surface area (Å²) in [4.78, 5) is 24.2. The zero-order valence-corrected chi connectivity index (χ0v) is 23.5. The number of nitrogens with one attached hydrogen (secondary N) is 1. The largest absolute Gasteiger partial charge is 0.416 e. The standard InChI is InChI=1S/C22H23ClF3N3O2.C8H9F/c1-14(18-5-4-6-19(11-18)22(24,25)26)12-27-21(31)13-29(16(3)30)28-15(2)17-7-9-20(23)10-8-17;1-2-7-5-3-4-6-8(7)9/h4-11,14H,12-13H2,1-3H3,(H,27,31);3-6H,2H2,1H3/b28-15+;. The van der Waals surface area contributed by atoms with Gasteiger partial charge in [-0.2, -0.15) is 18.3 Å². The zero-order valence-electron chi connectivity index (χ0n) is 22.7. The molecule has 0 radical (unpaired) electrons. The minimum atomic E-state index is -4.43. The molecule has 1 N–H and O–H groups in total. The first-order valence-corrected chi connectivity index (χ1v) is 13.0. The van der Waals surface area contributed by atoms with Gasteiger partial charge in [0, 0.05) is 18.5 Å². The van der Waals surface area contributed by atoms with Crippen molar-refractivity contribution in [1.29, 1.82) is 0 Å². The average molecular weight is 578 g/mol. The van der Waals surface area contributed by atoms with E-state index < -0.39 is 23.6 Å². The summed E-state index contributed by atoms with van der Waals surface area (Å²) in [5.74, 6) is -1.34. The molecular formula is C30H32ClF4N3O2. The van der Waals surface area contributed by atoms with E-state index in [4.69, 9.17) is 11.6 Å². The fraction of sp³-hybridized carbons (Fsp3) is 0.300. The fourth-order valence-corrected chi connectivity index (χ4v) is 3.66. The number of hydrogen-bond acceptors (Lipinski definition) is 3. The first-order chi connectivity index (χ1) is 18.8. The van der Waals surface area contributed by atoms with E-state index in [1.165, 1.54) is 19.1 Å². The molecule has 3 aromatic carbocycles. The van der Waals surface area contributed by atoms with Crippen LogP contribution in [0.1, 0.15) is 55.9 Å². The summed E-state index contributed by atoms with van der Waals surface area (Å²) in [5.41, 5.74) is 1.77. The van der Waals surface area contributed by atoms with Crippen LogP contribution in [-0.2, 0) is 22.2 Å². The van der Waals surface area contributed by atoms with Gasteiger partial charge in [0.15, 0.2) is 0 Å². The van der Waals surface area contributed by atoms with Gasteiger partial charge in [0.05, 0.1) is 11.3 Å². The maximum Gasteiger partial charge on any atom is 0.416 e. The molecule has 0 saturated heterocycles. The Hall–Kier alpha value is -3.72. The molecule has 0 saturated carbocycles. The highest BCUT2D eigenvalue weighted by Crippen LogP contribution is 2.31. The monoisotopic (exact) mass is 577 g/mol. The summed E-state index contributed by atoms with van der Waals surface area (Å²) in [6, 6.07) is 18.7. The van der Waals surface area contributed by atoms with Gasteiger partial charge in [0.1, 0.15) is 12.4 Å². The van der Waals surface area contributed by atoms with E-state index >= 15 is 0 Å². The number of aryl methyl sites for hydroxylation is 1. The van der Waals surface area contributed by atoms with Crippen LogP contribution in [0.15, 0.2) is 77.9 Å². The molecule has 0 spiro atoms. The predicted molar refractivity (Wildman–Crippen MR) is 150 cm³/mol. The molecular weight excluding hydrogens is 546 g/mol. The van der Waals surface area contributed by atoms with Crippen LogP contribution in [0.25, 0.3) is 0 Å². The Balaban J connectivity index is 0.000000526. The molecule has 0 aliphatic heterocycles. The number of carbonyl (C=O) groups is 2. The summed E-state index contributed by atoms with van der Waals surface area (Å²) in [7, 11) is 0. The molecule has 214 valence electrons.